The summed E-state index contributed by atoms with van der Waals surface area (Å²) >= 11 is 0. The highest BCUT2D eigenvalue weighted by Crippen LogP contribution is 2.38. The Morgan fingerprint density at radius 1 is 0.515 bits per heavy atom. The summed E-state index contributed by atoms with van der Waals surface area (Å²) in [5, 5.41) is 13.8. The highest BCUT2D eigenvalue weighted by atomic mass is 31.2. The molecular weight excluding hydrogens is 840 g/mol. The van der Waals surface area contributed by atoms with Crippen molar-refractivity contribution in [1.29, 1.82) is 0 Å². The summed E-state index contributed by atoms with van der Waals surface area (Å²) in [4.78, 5) is 25.4. The number of allylic oxidation sites excluding steroid dienone is 5. The quantitative estimate of drug-likeness (QED) is 0.0272. The van der Waals surface area contributed by atoms with Crippen LogP contribution in [-0.4, -0.2) is 68.5 Å². The second-order valence-electron chi connectivity index (χ2n) is 20.6. The van der Waals surface area contributed by atoms with Crippen molar-refractivity contribution in [2.45, 2.75) is 283 Å². The number of hydrogen-bond donors (Lipinski definition) is 2. The molecule has 0 bridgehead atoms. The van der Waals surface area contributed by atoms with Gasteiger partial charge in [-0.1, -0.05) is 243 Å². The minimum absolute atomic E-state index is 0.00749. The van der Waals surface area contributed by atoms with Gasteiger partial charge in [-0.25, -0.2) is 0 Å². The number of amides is 1. The Hall–Kier alpha value is -1.28. The average molecular weight is 951 g/mol. The minimum atomic E-state index is -4.60. The Bertz CT molecular complexity index is 1170. The number of carbonyl (C=O) groups excluding carboxylic acids is 1. The second kappa shape index (κ2) is 48.7. The molecule has 0 fully saturated rings. The third-order valence-electron chi connectivity index (χ3n) is 12.8. The Labute approximate surface area is 410 Å². The predicted octanol–water partition coefficient (Wildman–Crippen LogP) is 16.4. The number of unbranched alkanes of at least 4 members (excludes halogenated alkanes) is 35. The number of quaternary nitrogens is 1. The first-order valence-electron chi connectivity index (χ1n) is 28.4. The lowest BCUT2D eigenvalue weighted by Crippen LogP contribution is -2.45. The van der Waals surface area contributed by atoms with E-state index in [0.717, 1.165) is 51.4 Å². The molecule has 0 aromatic carbocycles. The first kappa shape index (κ1) is 64.7. The van der Waals surface area contributed by atoms with Gasteiger partial charge < -0.3 is 28.8 Å². The Balaban J connectivity index is 4.22. The molecule has 3 atom stereocenters. The van der Waals surface area contributed by atoms with Crippen molar-refractivity contribution in [3.8, 4) is 0 Å². The molecule has 3 unspecified atom stereocenters. The fourth-order valence-corrected chi connectivity index (χ4v) is 9.06. The van der Waals surface area contributed by atoms with Gasteiger partial charge in [-0.15, -0.1) is 0 Å². The minimum Gasteiger partial charge on any atom is -0.756 e. The fourth-order valence-electron chi connectivity index (χ4n) is 8.34. The first-order chi connectivity index (χ1) is 32.0. The van der Waals surface area contributed by atoms with Crippen LogP contribution in [0.15, 0.2) is 36.5 Å². The molecule has 2 N–H and O–H groups in total. The number of aliphatic hydroxyl groups excluding tert-OH is 1. The highest BCUT2D eigenvalue weighted by Gasteiger charge is 2.23. The van der Waals surface area contributed by atoms with E-state index in [0.29, 0.717) is 17.4 Å². The van der Waals surface area contributed by atoms with Crippen molar-refractivity contribution in [2.24, 2.45) is 0 Å². The summed E-state index contributed by atoms with van der Waals surface area (Å²) < 4.78 is 23.3. The molecule has 0 aromatic heterocycles. The molecule has 0 rings (SSSR count). The van der Waals surface area contributed by atoms with Crippen molar-refractivity contribution in [3.63, 3.8) is 0 Å². The number of phosphoric acid groups is 1. The smallest absolute Gasteiger partial charge is 0.268 e. The summed E-state index contributed by atoms with van der Waals surface area (Å²) in [7, 11) is 1.24. The van der Waals surface area contributed by atoms with Gasteiger partial charge in [-0.05, 0) is 57.8 Å². The zero-order valence-corrected chi connectivity index (χ0v) is 45.3. The van der Waals surface area contributed by atoms with Crippen LogP contribution in [-0.2, 0) is 18.4 Å². The summed E-state index contributed by atoms with van der Waals surface area (Å²) in [6, 6.07) is -0.907. The molecule has 1 amide bonds. The van der Waals surface area contributed by atoms with Crippen LogP contribution >= 0.6 is 7.82 Å². The fraction of sp³-hybridized carbons (Fsp3) is 0.877. The van der Waals surface area contributed by atoms with Crippen molar-refractivity contribution in [1.82, 2.24) is 5.32 Å². The van der Waals surface area contributed by atoms with Crippen LogP contribution in [0.4, 0.5) is 0 Å². The van der Waals surface area contributed by atoms with E-state index in [-0.39, 0.29) is 12.5 Å². The lowest BCUT2D eigenvalue weighted by atomic mass is 10.0. The van der Waals surface area contributed by atoms with Crippen LogP contribution in [0.25, 0.3) is 0 Å². The van der Waals surface area contributed by atoms with E-state index in [9.17, 15) is 19.4 Å². The Kier molecular flexibility index (Phi) is 47.8. The van der Waals surface area contributed by atoms with Crippen LogP contribution in [0.5, 0.6) is 0 Å². The number of hydrogen-bond acceptors (Lipinski definition) is 6. The lowest BCUT2D eigenvalue weighted by molar-refractivity contribution is -0.870. The summed E-state index contributed by atoms with van der Waals surface area (Å²) in [6.45, 7) is 4.64. The Morgan fingerprint density at radius 2 is 0.848 bits per heavy atom. The van der Waals surface area contributed by atoms with Crippen molar-refractivity contribution < 1.29 is 32.9 Å². The van der Waals surface area contributed by atoms with E-state index < -0.39 is 26.6 Å². The molecule has 0 heterocycles. The molecule has 0 aliphatic carbocycles. The molecule has 0 aliphatic rings. The van der Waals surface area contributed by atoms with Gasteiger partial charge in [-0.3, -0.25) is 9.36 Å². The van der Waals surface area contributed by atoms with Crippen LogP contribution in [0.3, 0.4) is 0 Å². The zero-order chi connectivity index (χ0) is 48.5. The number of rotatable bonds is 52. The molecule has 0 spiro atoms. The van der Waals surface area contributed by atoms with Gasteiger partial charge in [0.2, 0.25) is 5.91 Å². The molecule has 0 aromatic rings. The van der Waals surface area contributed by atoms with Crippen LogP contribution in [0.1, 0.15) is 271 Å². The molecular formula is C57H111N2O6P. The van der Waals surface area contributed by atoms with Gasteiger partial charge in [0, 0.05) is 6.42 Å². The van der Waals surface area contributed by atoms with Crippen LogP contribution in [0.2, 0.25) is 0 Å². The van der Waals surface area contributed by atoms with E-state index in [2.05, 4.69) is 43.5 Å². The molecule has 390 valence electrons. The summed E-state index contributed by atoms with van der Waals surface area (Å²) in [5.41, 5.74) is 0. The molecule has 66 heavy (non-hydrogen) atoms. The van der Waals surface area contributed by atoms with E-state index in [4.69, 9.17) is 9.05 Å². The van der Waals surface area contributed by atoms with Crippen molar-refractivity contribution >= 4 is 13.7 Å². The summed E-state index contributed by atoms with van der Waals surface area (Å²) in [6.07, 6.45) is 62.3. The molecule has 0 saturated heterocycles. The van der Waals surface area contributed by atoms with Gasteiger partial charge in [0.25, 0.3) is 7.82 Å². The largest absolute Gasteiger partial charge is 0.756 e. The number of phosphoric ester groups is 1. The number of aliphatic hydroxyl groups is 1. The lowest BCUT2D eigenvalue weighted by Gasteiger charge is -2.29. The van der Waals surface area contributed by atoms with Gasteiger partial charge in [0.15, 0.2) is 0 Å². The molecule has 0 aliphatic heterocycles. The van der Waals surface area contributed by atoms with E-state index in [1.54, 1.807) is 6.08 Å². The highest BCUT2D eigenvalue weighted by molar-refractivity contribution is 7.45. The van der Waals surface area contributed by atoms with Gasteiger partial charge in [0.1, 0.15) is 13.2 Å². The standard InChI is InChI=1S/C57H111N2O6P/c1-6-8-10-12-14-16-18-20-22-24-25-26-27-28-29-30-31-32-33-34-35-36-38-40-42-44-46-48-50-56(60)55(54-65-66(62,63)64-53-52-59(3,4)5)58-57(61)51-49-47-45-43-41-39-37-23-21-19-17-15-13-11-9-7-2/h23,37,40,42,48,50,55-56,60H,6-22,24-36,38-39,41,43-47,49,51-54H2,1-5H3,(H-,58,61,62,63)/b37-23-,42-40+,50-48+. The normalized spacial score (nSPS) is 14.2. The SMILES string of the molecule is CCCCCCCCC/C=C\CCCCCCCC(=O)NC(COP(=O)([O-])OCC[N+](C)(C)C)C(O)/C=C/CC/C=C/CCCCCCCCCCCCCCCCCCCCCCCC. The maximum absolute atomic E-state index is 12.9. The second-order valence-corrected chi connectivity index (χ2v) is 22.0. The Morgan fingerprint density at radius 3 is 1.23 bits per heavy atom. The van der Waals surface area contributed by atoms with Crippen molar-refractivity contribution in [3.05, 3.63) is 36.5 Å². The zero-order valence-electron chi connectivity index (χ0n) is 44.4. The van der Waals surface area contributed by atoms with Gasteiger partial charge in [0.05, 0.1) is 39.9 Å². The molecule has 0 saturated carbocycles. The van der Waals surface area contributed by atoms with Crippen LogP contribution in [0, 0.1) is 0 Å². The number of nitrogens with zero attached hydrogens (tertiary/aromatic N) is 1. The monoisotopic (exact) mass is 951 g/mol. The number of likely N-dealkylation sites (N-methyl/N-ethyl adjacent to an activating group) is 1. The maximum Gasteiger partial charge on any atom is 0.268 e. The van der Waals surface area contributed by atoms with Gasteiger partial charge in [-0.2, -0.15) is 0 Å². The topological polar surface area (TPSA) is 108 Å². The first-order valence-corrected chi connectivity index (χ1v) is 29.8. The summed E-state index contributed by atoms with van der Waals surface area (Å²) in [5.74, 6) is -0.214. The molecule has 8 nitrogen and oxygen atoms in total. The molecule has 9 heteroatoms. The third-order valence-corrected chi connectivity index (χ3v) is 13.8. The number of nitrogens with one attached hydrogen (secondary N) is 1. The third kappa shape index (κ3) is 50.6. The average Bonchev–Trinajstić information content (AvgIpc) is 3.28. The molecule has 0 radical (unpaired) electrons. The van der Waals surface area contributed by atoms with Crippen molar-refractivity contribution in [2.75, 3.05) is 40.9 Å². The van der Waals surface area contributed by atoms with Crippen LogP contribution < -0.4 is 10.2 Å². The maximum atomic E-state index is 12.9. The van der Waals surface area contributed by atoms with Gasteiger partial charge >= 0.3 is 0 Å². The predicted molar refractivity (Wildman–Crippen MR) is 284 cm³/mol. The van der Waals surface area contributed by atoms with E-state index in [1.165, 1.54) is 199 Å². The number of carbonyl (C=O) groups is 1. The van der Waals surface area contributed by atoms with E-state index in [1.807, 2.05) is 27.2 Å². The van der Waals surface area contributed by atoms with E-state index >= 15 is 0 Å².